The molecule has 0 aliphatic carbocycles. The maximum Gasteiger partial charge on any atom is 0.267 e. The Hall–Kier alpha value is -2.52. The highest BCUT2D eigenvalue weighted by atomic mass is 16.5. The fourth-order valence-corrected chi connectivity index (χ4v) is 2.02. The topological polar surface area (TPSA) is 77.4 Å². The van der Waals surface area contributed by atoms with Crippen LogP contribution < -0.4 is 15.4 Å². The fourth-order valence-electron chi connectivity index (χ4n) is 2.02. The molecule has 23 heavy (non-hydrogen) atoms. The van der Waals surface area contributed by atoms with Crippen LogP contribution in [0.25, 0.3) is 0 Å². The summed E-state index contributed by atoms with van der Waals surface area (Å²) in [6, 6.07) is 8.97. The lowest BCUT2D eigenvalue weighted by atomic mass is 10.2. The van der Waals surface area contributed by atoms with Gasteiger partial charge in [0.15, 0.2) is 0 Å². The number of methoxy groups -OCH3 is 1. The third-order valence-corrected chi connectivity index (χ3v) is 3.43. The number of nitrogens with one attached hydrogen (secondary N) is 2. The largest absolute Gasteiger partial charge is 0.495 e. The van der Waals surface area contributed by atoms with Crippen LogP contribution in [0.1, 0.15) is 13.8 Å². The summed E-state index contributed by atoms with van der Waals surface area (Å²) in [5, 5.41) is 14.8. The Morgan fingerprint density at radius 2 is 2.04 bits per heavy atom. The zero-order valence-electron chi connectivity index (χ0n) is 13.9. The van der Waals surface area contributed by atoms with Crippen LogP contribution in [0.15, 0.2) is 36.0 Å². The number of hydrogen-bond acceptors (Lipinski definition) is 5. The molecule has 0 atom stereocenters. The number of anilines is 1. The smallest absolute Gasteiger partial charge is 0.267 e. The number of carbonyl (C=O) groups is 1. The van der Waals surface area contributed by atoms with E-state index in [0.29, 0.717) is 18.0 Å². The minimum absolute atomic E-state index is 0.0236. The molecule has 0 spiro atoms. The molecule has 1 amide bonds. The van der Waals surface area contributed by atoms with Crippen molar-refractivity contribution in [2.75, 3.05) is 38.6 Å². The number of ether oxygens (including phenoxy) is 1. The first kappa shape index (κ1) is 18.5. The lowest BCUT2D eigenvalue weighted by molar-refractivity contribution is -0.112. The van der Waals surface area contributed by atoms with Crippen molar-refractivity contribution in [2.45, 2.75) is 13.8 Å². The molecule has 0 radical (unpaired) electrons. The summed E-state index contributed by atoms with van der Waals surface area (Å²) in [6.07, 6.45) is 1.45. The van der Waals surface area contributed by atoms with Crippen molar-refractivity contribution in [3.63, 3.8) is 0 Å². The second kappa shape index (κ2) is 10.2. The molecule has 1 rings (SSSR count). The van der Waals surface area contributed by atoms with Crippen LogP contribution in [0, 0.1) is 11.3 Å². The Kier molecular flexibility index (Phi) is 8.25. The van der Waals surface area contributed by atoms with Crippen molar-refractivity contribution in [1.29, 1.82) is 5.26 Å². The van der Waals surface area contributed by atoms with Gasteiger partial charge in [0.1, 0.15) is 17.4 Å². The zero-order valence-corrected chi connectivity index (χ0v) is 13.9. The monoisotopic (exact) mass is 316 g/mol. The van der Waals surface area contributed by atoms with E-state index in [0.717, 1.165) is 19.6 Å². The summed E-state index contributed by atoms with van der Waals surface area (Å²) in [5.41, 5.74) is 0.555. The van der Waals surface area contributed by atoms with Crippen molar-refractivity contribution in [3.05, 3.63) is 36.0 Å². The predicted molar refractivity (Wildman–Crippen MR) is 91.1 cm³/mol. The Bertz CT molecular complexity index is 574. The molecular weight excluding hydrogens is 292 g/mol. The van der Waals surface area contributed by atoms with E-state index >= 15 is 0 Å². The van der Waals surface area contributed by atoms with Crippen LogP contribution >= 0.6 is 0 Å². The van der Waals surface area contributed by atoms with E-state index < -0.39 is 5.91 Å². The number of hydrogen-bond donors (Lipinski definition) is 2. The van der Waals surface area contributed by atoms with Gasteiger partial charge in [-0.25, -0.2) is 0 Å². The van der Waals surface area contributed by atoms with Crippen molar-refractivity contribution in [1.82, 2.24) is 10.2 Å². The van der Waals surface area contributed by atoms with E-state index in [1.165, 1.54) is 13.3 Å². The summed E-state index contributed by atoms with van der Waals surface area (Å²) < 4.78 is 5.17. The number of para-hydroxylation sites is 2. The van der Waals surface area contributed by atoms with E-state index in [1.807, 2.05) is 12.1 Å². The summed E-state index contributed by atoms with van der Waals surface area (Å²) in [5.74, 6) is 0.0833. The predicted octanol–water partition coefficient (Wildman–Crippen LogP) is 1.97. The molecule has 1 aromatic carbocycles. The van der Waals surface area contributed by atoms with Crippen LogP contribution in [0.5, 0.6) is 5.75 Å². The average molecular weight is 316 g/mol. The molecule has 124 valence electrons. The van der Waals surface area contributed by atoms with E-state index in [1.54, 1.807) is 18.2 Å². The molecule has 0 bridgehead atoms. The first-order valence-electron chi connectivity index (χ1n) is 7.66. The van der Waals surface area contributed by atoms with Crippen LogP contribution in [-0.4, -0.2) is 44.1 Å². The van der Waals surface area contributed by atoms with Gasteiger partial charge in [0, 0.05) is 19.3 Å². The molecule has 0 saturated heterocycles. The Balaban J connectivity index is 2.61. The molecule has 6 nitrogen and oxygen atoms in total. The van der Waals surface area contributed by atoms with Gasteiger partial charge in [-0.05, 0) is 25.2 Å². The van der Waals surface area contributed by atoms with E-state index in [4.69, 9.17) is 10.00 Å². The molecule has 2 N–H and O–H groups in total. The average Bonchev–Trinajstić information content (AvgIpc) is 2.58. The molecule has 0 saturated carbocycles. The number of benzene rings is 1. The van der Waals surface area contributed by atoms with Crippen molar-refractivity contribution in [2.24, 2.45) is 0 Å². The minimum atomic E-state index is -0.465. The lowest BCUT2D eigenvalue weighted by Crippen LogP contribution is -2.30. The molecule has 0 aliphatic heterocycles. The van der Waals surface area contributed by atoms with Crippen molar-refractivity contribution in [3.8, 4) is 11.8 Å². The summed E-state index contributed by atoms with van der Waals surface area (Å²) in [7, 11) is 1.53. The fraction of sp³-hybridized carbons (Fsp3) is 0.412. The van der Waals surface area contributed by atoms with Gasteiger partial charge in [-0.1, -0.05) is 26.0 Å². The van der Waals surface area contributed by atoms with Crippen LogP contribution in [0.4, 0.5) is 5.69 Å². The Morgan fingerprint density at radius 3 is 2.65 bits per heavy atom. The van der Waals surface area contributed by atoms with E-state index in [2.05, 4.69) is 29.4 Å². The number of nitriles is 1. The molecule has 0 unspecified atom stereocenters. The van der Waals surface area contributed by atoms with Gasteiger partial charge in [0.05, 0.1) is 12.8 Å². The second-order valence-corrected chi connectivity index (χ2v) is 4.81. The molecule has 6 heteroatoms. The zero-order chi connectivity index (χ0) is 17.1. The first-order valence-corrected chi connectivity index (χ1v) is 7.66. The molecule has 1 aromatic rings. The molecule has 0 fully saturated rings. The van der Waals surface area contributed by atoms with Gasteiger partial charge in [-0.2, -0.15) is 5.26 Å². The summed E-state index contributed by atoms with van der Waals surface area (Å²) >= 11 is 0. The Morgan fingerprint density at radius 1 is 1.35 bits per heavy atom. The maximum absolute atomic E-state index is 12.1. The number of amides is 1. The third-order valence-electron chi connectivity index (χ3n) is 3.43. The standard InChI is InChI=1S/C17H24N4O2/c1-4-21(5-2)11-10-19-13-14(12-18)17(22)20-15-8-6-7-9-16(15)23-3/h6-9,13,19H,4-5,10-11H2,1-3H3,(H,20,22)/b14-13-. The Labute approximate surface area is 137 Å². The van der Waals surface area contributed by atoms with Crippen LogP contribution in [0.2, 0.25) is 0 Å². The van der Waals surface area contributed by atoms with Crippen molar-refractivity contribution >= 4 is 11.6 Å². The van der Waals surface area contributed by atoms with E-state index in [9.17, 15) is 4.79 Å². The second-order valence-electron chi connectivity index (χ2n) is 4.81. The van der Waals surface area contributed by atoms with Gasteiger partial charge >= 0.3 is 0 Å². The number of likely N-dealkylation sites (N-methyl/N-ethyl adjacent to an activating group) is 1. The SMILES string of the molecule is CCN(CC)CCN/C=C(/C#N)C(=O)Nc1ccccc1OC. The lowest BCUT2D eigenvalue weighted by Gasteiger charge is -2.17. The molecule has 0 aromatic heterocycles. The number of carbonyl (C=O) groups excluding carboxylic acids is 1. The molecule has 0 aliphatic rings. The highest BCUT2D eigenvalue weighted by molar-refractivity contribution is 6.07. The highest BCUT2D eigenvalue weighted by Gasteiger charge is 2.11. The highest BCUT2D eigenvalue weighted by Crippen LogP contribution is 2.23. The van der Waals surface area contributed by atoms with Gasteiger partial charge in [-0.3, -0.25) is 4.79 Å². The normalized spacial score (nSPS) is 11.0. The first-order chi connectivity index (χ1) is 11.2. The van der Waals surface area contributed by atoms with E-state index in [-0.39, 0.29) is 5.57 Å². The summed E-state index contributed by atoms with van der Waals surface area (Å²) in [6.45, 7) is 7.68. The quantitative estimate of drug-likeness (QED) is 0.414. The van der Waals surface area contributed by atoms with Gasteiger partial charge < -0.3 is 20.3 Å². The summed E-state index contributed by atoms with van der Waals surface area (Å²) in [4.78, 5) is 14.4. The maximum atomic E-state index is 12.1. The van der Waals surface area contributed by atoms with Crippen molar-refractivity contribution < 1.29 is 9.53 Å². The van der Waals surface area contributed by atoms with Crippen LogP contribution in [-0.2, 0) is 4.79 Å². The van der Waals surface area contributed by atoms with Crippen LogP contribution in [0.3, 0.4) is 0 Å². The molecule has 0 heterocycles. The number of nitrogens with zero attached hydrogens (tertiary/aromatic N) is 2. The number of rotatable bonds is 9. The molecular formula is C17H24N4O2. The minimum Gasteiger partial charge on any atom is -0.495 e. The van der Waals surface area contributed by atoms with Gasteiger partial charge in [0.2, 0.25) is 0 Å². The van der Waals surface area contributed by atoms with Gasteiger partial charge in [0.25, 0.3) is 5.91 Å². The van der Waals surface area contributed by atoms with Gasteiger partial charge in [-0.15, -0.1) is 0 Å². The third kappa shape index (κ3) is 6.01.